The summed E-state index contributed by atoms with van der Waals surface area (Å²) in [7, 11) is 1.87. The smallest absolute Gasteiger partial charge is 0.319 e. The highest BCUT2D eigenvalue weighted by molar-refractivity contribution is 6.00. The van der Waals surface area contributed by atoms with E-state index in [4.69, 9.17) is 19.4 Å². The van der Waals surface area contributed by atoms with Crippen molar-refractivity contribution in [1.29, 1.82) is 0 Å². The lowest BCUT2D eigenvalue weighted by Crippen LogP contribution is -2.64. The number of carbonyl (C=O) groups excluding carboxylic acids is 1. The van der Waals surface area contributed by atoms with E-state index in [1.165, 1.54) is 0 Å². The number of aromatic nitrogens is 3. The highest BCUT2D eigenvalue weighted by Gasteiger charge is 2.50. The molecule has 7 heterocycles. The van der Waals surface area contributed by atoms with E-state index in [1.807, 2.05) is 36.2 Å². The number of nitrogens with zero attached hydrogens (tertiary/aromatic N) is 6. The van der Waals surface area contributed by atoms with E-state index in [1.54, 1.807) is 18.3 Å². The van der Waals surface area contributed by atoms with Crippen LogP contribution in [0.2, 0.25) is 0 Å². The zero-order valence-corrected chi connectivity index (χ0v) is 27.1. The zero-order valence-electron chi connectivity index (χ0n) is 27.1. The van der Waals surface area contributed by atoms with Gasteiger partial charge >= 0.3 is 6.01 Å². The first-order valence-corrected chi connectivity index (χ1v) is 17.1. The van der Waals surface area contributed by atoms with Gasteiger partial charge in [-0.3, -0.25) is 14.7 Å². The Hall–Kier alpha value is -4.13. The predicted octanol–water partition coefficient (Wildman–Crippen LogP) is 3.86. The molecule has 1 amide bonds. The molecular weight excluding hydrogens is 613 g/mol. The summed E-state index contributed by atoms with van der Waals surface area (Å²) in [6.45, 7) is 4.33. The Kier molecular flexibility index (Phi) is 7.00. The Labute approximate surface area is 278 Å². The number of fused-ring (bicyclic) bond motifs is 9. The van der Waals surface area contributed by atoms with Crippen molar-refractivity contribution < 1.29 is 23.8 Å². The molecule has 0 unspecified atom stereocenters. The lowest BCUT2D eigenvalue weighted by molar-refractivity contribution is -0.132. The number of piperazine rings is 1. The van der Waals surface area contributed by atoms with Crippen LogP contribution in [0, 0.1) is 5.82 Å². The molecule has 4 fully saturated rings. The molecule has 11 nitrogen and oxygen atoms in total. The second-order valence-corrected chi connectivity index (χ2v) is 14.5. The third-order valence-electron chi connectivity index (χ3n) is 11.3. The number of likely N-dealkylation sites (N-methyl/N-ethyl adjacent to an activating group) is 1. The third-order valence-corrected chi connectivity index (χ3v) is 11.3. The van der Waals surface area contributed by atoms with Crippen LogP contribution < -0.4 is 15.0 Å². The molecule has 2 aromatic heterocycles. The number of nitrogens with one attached hydrogen (secondary N) is 1. The Morgan fingerprint density at radius 2 is 2.00 bits per heavy atom. The molecule has 250 valence electrons. The first-order chi connectivity index (χ1) is 23.3. The molecule has 12 heteroatoms. The number of benzene rings is 2. The Morgan fingerprint density at radius 1 is 1.10 bits per heavy atom. The number of pyridine rings is 1. The van der Waals surface area contributed by atoms with Crippen LogP contribution in [0.25, 0.3) is 32.9 Å². The Balaban J connectivity index is 1.18. The van der Waals surface area contributed by atoms with Crippen molar-refractivity contribution in [3.8, 4) is 23.0 Å². The van der Waals surface area contributed by atoms with Gasteiger partial charge in [-0.05, 0) is 61.6 Å². The Morgan fingerprint density at radius 3 is 2.92 bits per heavy atom. The molecule has 0 saturated carbocycles. The van der Waals surface area contributed by atoms with Gasteiger partial charge in [0.1, 0.15) is 29.4 Å². The van der Waals surface area contributed by atoms with Crippen LogP contribution in [0.1, 0.15) is 38.5 Å². The summed E-state index contributed by atoms with van der Waals surface area (Å²) in [6, 6.07) is 11.1. The fraction of sp³-hybridized carbons (Fsp3) is 0.500. The number of hydrogen-bond donors (Lipinski definition) is 2. The van der Waals surface area contributed by atoms with E-state index >= 15 is 4.39 Å². The van der Waals surface area contributed by atoms with Gasteiger partial charge in [-0.2, -0.15) is 9.97 Å². The normalized spacial score (nSPS) is 29.3. The molecule has 4 atom stereocenters. The van der Waals surface area contributed by atoms with Gasteiger partial charge in [0, 0.05) is 51.0 Å². The number of anilines is 1. The van der Waals surface area contributed by atoms with Crippen molar-refractivity contribution in [2.24, 2.45) is 0 Å². The SMILES string of the molecule is CN1C[C@@]23CC[C@@H](CN(C2)c2nc(nc4c(F)c(-c5cc(O)cc6ccccc56)ncc24)OC[C@]24CCCN2C[C@@H](C4)OCCC1=O)N3. The van der Waals surface area contributed by atoms with Gasteiger partial charge in [0.05, 0.1) is 35.6 Å². The summed E-state index contributed by atoms with van der Waals surface area (Å²) in [5, 5.41) is 16.4. The zero-order chi connectivity index (χ0) is 32.6. The molecule has 0 radical (unpaired) electrons. The lowest BCUT2D eigenvalue weighted by Gasteiger charge is -2.44. The largest absolute Gasteiger partial charge is 0.508 e. The molecule has 2 N–H and O–H groups in total. The van der Waals surface area contributed by atoms with Crippen LogP contribution in [-0.2, 0) is 9.53 Å². The van der Waals surface area contributed by atoms with Gasteiger partial charge in [-0.15, -0.1) is 0 Å². The monoisotopic (exact) mass is 653 g/mol. The number of rotatable bonds is 1. The number of phenols is 1. The first-order valence-electron chi connectivity index (χ1n) is 17.1. The average Bonchev–Trinajstić information content (AvgIpc) is 3.72. The topological polar surface area (TPSA) is 116 Å². The summed E-state index contributed by atoms with van der Waals surface area (Å²) >= 11 is 0. The third kappa shape index (κ3) is 4.95. The van der Waals surface area contributed by atoms with Crippen LogP contribution in [0.3, 0.4) is 0 Å². The van der Waals surface area contributed by atoms with Gasteiger partial charge in [0.15, 0.2) is 5.82 Å². The molecule has 4 aromatic rings. The molecule has 5 aliphatic rings. The maximum Gasteiger partial charge on any atom is 0.319 e. The summed E-state index contributed by atoms with van der Waals surface area (Å²) in [5.74, 6) is 0.0975. The highest BCUT2D eigenvalue weighted by Crippen LogP contribution is 2.42. The molecule has 2 aromatic carbocycles. The highest BCUT2D eigenvalue weighted by atomic mass is 19.1. The van der Waals surface area contributed by atoms with Crippen molar-refractivity contribution in [2.45, 2.75) is 61.7 Å². The Bertz CT molecular complexity index is 1940. The molecule has 0 aliphatic carbocycles. The van der Waals surface area contributed by atoms with E-state index in [-0.39, 0.29) is 52.1 Å². The number of phenolic OH excluding ortho intramolecular Hbond substituents is 1. The van der Waals surface area contributed by atoms with Crippen LogP contribution in [0.4, 0.5) is 10.2 Å². The van der Waals surface area contributed by atoms with Crippen molar-refractivity contribution in [3.05, 3.63) is 48.4 Å². The van der Waals surface area contributed by atoms with Gasteiger partial charge in [0.25, 0.3) is 0 Å². The maximum atomic E-state index is 16.9. The van der Waals surface area contributed by atoms with Gasteiger partial charge in [0.2, 0.25) is 5.91 Å². The van der Waals surface area contributed by atoms with Gasteiger partial charge < -0.3 is 29.7 Å². The number of ether oxygens (including phenoxy) is 2. The minimum atomic E-state index is -0.587. The number of carbonyl (C=O) groups is 1. The fourth-order valence-corrected chi connectivity index (χ4v) is 9.15. The minimum absolute atomic E-state index is 0.0140. The summed E-state index contributed by atoms with van der Waals surface area (Å²) in [6.07, 6.45) is 6.71. The summed E-state index contributed by atoms with van der Waals surface area (Å²) in [4.78, 5) is 34.1. The number of aromatic hydroxyl groups is 1. The minimum Gasteiger partial charge on any atom is -0.508 e. The molecule has 9 rings (SSSR count). The molecule has 48 heavy (non-hydrogen) atoms. The van der Waals surface area contributed by atoms with E-state index in [9.17, 15) is 9.90 Å². The molecule has 2 spiro atoms. The molecule has 5 aliphatic heterocycles. The second kappa shape index (κ2) is 11.2. The molecule has 4 saturated heterocycles. The van der Waals surface area contributed by atoms with Crippen LogP contribution in [0.15, 0.2) is 42.6 Å². The molecular formula is C36H40FN7O4. The van der Waals surface area contributed by atoms with Crippen molar-refractivity contribution in [3.63, 3.8) is 0 Å². The maximum absolute atomic E-state index is 16.9. The van der Waals surface area contributed by atoms with E-state index < -0.39 is 5.82 Å². The van der Waals surface area contributed by atoms with E-state index in [0.29, 0.717) is 56.0 Å². The second-order valence-electron chi connectivity index (χ2n) is 14.5. The van der Waals surface area contributed by atoms with Gasteiger partial charge in [-0.25, -0.2) is 4.39 Å². The van der Waals surface area contributed by atoms with Crippen LogP contribution in [-0.4, -0.2) is 112 Å². The van der Waals surface area contributed by atoms with E-state index in [0.717, 1.165) is 56.0 Å². The fourth-order valence-electron chi connectivity index (χ4n) is 9.15. The quantitative estimate of drug-likeness (QED) is 0.314. The number of amides is 1. The van der Waals surface area contributed by atoms with E-state index in [2.05, 4.69) is 20.1 Å². The van der Waals surface area contributed by atoms with Gasteiger partial charge in [-0.1, -0.05) is 24.3 Å². The summed E-state index contributed by atoms with van der Waals surface area (Å²) < 4.78 is 29.7. The van der Waals surface area contributed by atoms with Crippen molar-refractivity contribution in [2.75, 3.05) is 57.9 Å². The predicted molar refractivity (Wildman–Crippen MR) is 179 cm³/mol. The first kappa shape index (κ1) is 30.0. The van der Waals surface area contributed by atoms with Crippen LogP contribution in [0.5, 0.6) is 11.8 Å². The summed E-state index contributed by atoms with van der Waals surface area (Å²) in [5.41, 5.74) is 0.165. The standard InChI is InChI=1S/C36H40FN7O4/c1-42-19-35-10-7-23(41-35)17-43(20-35)33-28-16-38-31(27-14-24(45)13-22-5-2-3-6-26(22)27)30(37)32(28)39-34(40-33)48-21-36-9-4-11-44(36)18-25(15-36)47-12-8-29(42)46/h2-3,5-6,13-14,16,23,25,41,45H,4,7-12,15,17-21H2,1H3/t23-,25+,35-,36+/m0/s1. The number of halogens is 1. The lowest BCUT2D eigenvalue weighted by atomic mass is 9.94. The van der Waals surface area contributed by atoms with Crippen molar-refractivity contribution >= 4 is 33.4 Å². The number of hydrogen-bond acceptors (Lipinski definition) is 10. The van der Waals surface area contributed by atoms with Crippen molar-refractivity contribution in [1.82, 2.24) is 30.1 Å². The molecule has 7 bridgehead atoms. The van der Waals surface area contributed by atoms with Crippen LogP contribution >= 0.6 is 0 Å². The average molecular weight is 654 g/mol.